The molecule has 1 aliphatic heterocycles. The van der Waals surface area contributed by atoms with Gasteiger partial charge in [0, 0.05) is 43.6 Å². The Morgan fingerprint density at radius 1 is 1.03 bits per heavy atom. The van der Waals surface area contributed by atoms with Gasteiger partial charge in [0.1, 0.15) is 10.8 Å². The molecule has 170 valence electrons. The van der Waals surface area contributed by atoms with E-state index in [2.05, 4.69) is 26.3 Å². The number of fused-ring (bicyclic) bond motifs is 1. The lowest BCUT2D eigenvalue weighted by molar-refractivity contribution is 0.233. The van der Waals surface area contributed by atoms with E-state index in [0.717, 1.165) is 49.2 Å². The van der Waals surface area contributed by atoms with Crippen LogP contribution in [0.3, 0.4) is 0 Å². The zero-order valence-corrected chi connectivity index (χ0v) is 19.6. The van der Waals surface area contributed by atoms with Crippen molar-refractivity contribution in [2.24, 2.45) is 0 Å². The predicted octanol–water partition coefficient (Wildman–Crippen LogP) is 3.03. The number of sulfone groups is 1. The quantitative estimate of drug-likeness (QED) is 0.441. The van der Waals surface area contributed by atoms with E-state index in [0.29, 0.717) is 16.3 Å². The average molecular weight is 481 g/mol. The van der Waals surface area contributed by atoms with Crippen LogP contribution in [0.5, 0.6) is 0 Å². The fraction of sp³-hybridized carbons (Fsp3) is 0.250. The topological polar surface area (TPSA) is 95.2 Å². The maximum Gasteiger partial charge on any atom is 0.257 e. The van der Waals surface area contributed by atoms with Crippen molar-refractivity contribution in [3.05, 3.63) is 80.9 Å². The second-order valence-corrected chi connectivity index (χ2v) is 11.1. The van der Waals surface area contributed by atoms with Crippen molar-refractivity contribution in [2.45, 2.75) is 17.2 Å². The largest absolute Gasteiger partial charge is 0.321 e. The van der Waals surface area contributed by atoms with Crippen molar-refractivity contribution in [3.63, 3.8) is 0 Å². The molecular formula is C24H24N4O3S2. The minimum absolute atomic E-state index is 0.192. The number of nitrogens with zero attached hydrogens (tertiary/aromatic N) is 2. The molecule has 0 amide bonds. The van der Waals surface area contributed by atoms with Crippen LogP contribution in [-0.2, 0) is 22.1 Å². The SMILES string of the molecule is O=c1[nH]c2cc(CN3CCNCC3)ccc2cc1-c1csc(CS(=O)(=O)c2ccccc2)n1. The molecule has 2 aromatic heterocycles. The number of aromatic amines is 1. The minimum Gasteiger partial charge on any atom is -0.321 e. The van der Waals surface area contributed by atoms with Gasteiger partial charge < -0.3 is 10.3 Å². The molecule has 0 bridgehead atoms. The molecule has 1 fully saturated rings. The number of nitrogens with one attached hydrogen (secondary N) is 2. The monoisotopic (exact) mass is 480 g/mol. The van der Waals surface area contributed by atoms with Crippen molar-refractivity contribution in [3.8, 4) is 11.3 Å². The second kappa shape index (κ2) is 9.18. The van der Waals surface area contributed by atoms with E-state index in [-0.39, 0.29) is 16.2 Å². The zero-order valence-electron chi connectivity index (χ0n) is 18.0. The van der Waals surface area contributed by atoms with E-state index >= 15 is 0 Å². The summed E-state index contributed by atoms with van der Waals surface area (Å²) in [5.41, 5.74) is 2.65. The third-order valence-corrected chi connectivity index (χ3v) is 8.45. The van der Waals surface area contributed by atoms with Crippen LogP contribution < -0.4 is 10.9 Å². The van der Waals surface area contributed by atoms with Crippen LogP contribution in [-0.4, -0.2) is 49.5 Å². The van der Waals surface area contributed by atoms with Gasteiger partial charge in [-0.2, -0.15) is 0 Å². The van der Waals surface area contributed by atoms with Crippen molar-refractivity contribution >= 4 is 32.1 Å². The van der Waals surface area contributed by atoms with E-state index in [1.165, 1.54) is 11.3 Å². The van der Waals surface area contributed by atoms with Gasteiger partial charge in [0.25, 0.3) is 5.56 Å². The van der Waals surface area contributed by atoms with Crippen molar-refractivity contribution in [2.75, 3.05) is 26.2 Å². The first-order valence-electron chi connectivity index (χ1n) is 10.8. The number of piperazine rings is 1. The van der Waals surface area contributed by atoms with E-state index in [1.807, 2.05) is 18.2 Å². The lowest BCUT2D eigenvalue weighted by Gasteiger charge is -2.27. The maximum atomic E-state index is 12.8. The lowest BCUT2D eigenvalue weighted by atomic mass is 10.1. The van der Waals surface area contributed by atoms with Crippen molar-refractivity contribution < 1.29 is 8.42 Å². The number of rotatable bonds is 6. The van der Waals surface area contributed by atoms with Gasteiger partial charge in [0.2, 0.25) is 0 Å². The van der Waals surface area contributed by atoms with E-state index in [1.54, 1.807) is 35.7 Å². The summed E-state index contributed by atoms with van der Waals surface area (Å²) in [5.74, 6) is -0.192. The summed E-state index contributed by atoms with van der Waals surface area (Å²) >= 11 is 1.25. The Hall–Kier alpha value is -2.85. The maximum absolute atomic E-state index is 12.8. The first-order chi connectivity index (χ1) is 16.0. The van der Waals surface area contributed by atoms with Gasteiger partial charge in [-0.15, -0.1) is 11.3 Å². The summed E-state index contributed by atoms with van der Waals surface area (Å²) in [6.07, 6.45) is 0. The number of benzene rings is 2. The first-order valence-corrected chi connectivity index (χ1v) is 13.3. The highest BCUT2D eigenvalue weighted by Crippen LogP contribution is 2.25. The summed E-state index contributed by atoms with van der Waals surface area (Å²) in [6.45, 7) is 4.87. The van der Waals surface area contributed by atoms with Gasteiger partial charge in [0.15, 0.2) is 9.84 Å². The van der Waals surface area contributed by atoms with Gasteiger partial charge in [-0.25, -0.2) is 13.4 Å². The molecule has 0 aliphatic carbocycles. The molecule has 2 aromatic carbocycles. The molecule has 3 heterocycles. The van der Waals surface area contributed by atoms with Crippen LogP contribution in [0, 0.1) is 0 Å². The van der Waals surface area contributed by atoms with E-state index < -0.39 is 9.84 Å². The first kappa shape index (κ1) is 22.0. The summed E-state index contributed by atoms with van der Waals surface area (Å²) in [5, 5.41) is 6.47. The van der Waals surface area contributed by atoms with Crippen molar-refractivity contribution in [1.29, 1.82) is 0 Å². The van der Waals surface area contributed by atoms with E-state index in [4.69, 9.17) is 0 Å². The van der Waals surface area contributed by atoms with Gasteiger partial charge in [-0.3, -0.25) is 9.69 Å². The molecule has 7 nitrogen and oxygen atoms in total. The molecule has 5 rings (SSSR count). The summed E-state index contributed by atoms with van der Waals surface area (Å²) in [6, 6.07) is 16.3. The fourth-order valence-electron chi connectivity index (χ4n) is 4.04. The van der Waals surface area contributed by atoms with Gasteiger partial charge in [-0.05, 0) is 35.2 Å². The normalized spacial score (nSPS) is 15.2. The smallest absolute Gasteiger partial charge is 0.257 e. The highest BCUT2D eigenvalue weighted by molar-refractivity contribution is 7.90. The number of thiazole rings is 1. The molecule has 2 N–H and O–H groups in total. The average Bonchev–Trinajstić information content (AvgIpc) is 3.27. The predicted molar refractivity (Wildman–Crippen MR) is 131 cm³/mol. The number of hydrogen-bond acceptors (Lipinski definition) is 7. The number of aromatic nitrogens is 2. The van der Waals surface area contributed by atoms with Crippen LogP contribution in [0.4, 0.5) is 0 Å². The number of pyridine rings is 1. The Morgan fingerprint density at radius 3 is 2.61 bits per heavy atom. The number of hydrogen-bond donors (Lipinski definition) is 2. The fourth-order valence-corrected chi connectivity index (χ4v) is 6.48. The van der Waals surface area contributed by atoms with Crippen LogP contribution >= 0.6 is 11.3 Å². The van der Waals surface area contributed by atoms with Crippen LogP contribution in [0.15, 0.2) is 69.7 Å². The van der Waals surface area contributed by atoms with E-state index in [9.17, 15) is 13.2 Å². The van der Waals surface area contributed by atoms with Crippen LogP contribution in [0.1, 0.15) is 10.6 Å². The Bertz CT molecular complexity index is 1440. The summed E-state index contributed by atoms with van der Waals surface area (Å²) in [7, 11) is -3.49. The molecule has 1 saturated heterocycles. The standard InChI is InChI=1S/C24H24N4O3S2/c29-24-20(22-15-32-23(26-22)16-33(30,31)19-4-2-1-3-5-19)13-18-7-6-17(12-21(18)27-24)14-28-10-8-25-9-11-28/h1-7,12-13,15,25H,8-11,14,16H2,(H,27,29). The molecule has 0 spiro atoms. The van der Waals surface area contributed by atoms with Crippen molar-refractivity contribution in [1.82, 2.24) is 20.2 Å². The molecule has 9 heteroatoms. The Morgan fingerprint density at radius 2 is 1.82 bits per heavy atom. The van der Waals surface area contributed by atoms with Gasteiger partial charge in [0.05, 0.1) is 16.2 Å². The highest BCUT2D eigenvalue weighted by atomic mass is 32.2. The molecular weight excluding hydrogens is 456 g/mol. The summed E-state index contributed by atoms with van der Waals surface area (Å²) in [4.78, 5) is 22.9. The highest BCUT2D eigenvalue weighted by Gasteiger charge is 2.19. The molecule has 0 atom stereocenters. The second-order valence-electron chi connectivity index (χ2n) is 8.16. The molecule has 0 radical (unpaired) electrons. The third kappa shape index (κ3) is 4.91. The Kier molecular flexibility index (Phi) is 6.11. The molecule has 33 heavy (non-hydrogen) atoms. The minimum atomic E-state index is -3.49. The number of H-pyrrole nitrogens is 1. The molecule has 0 unspecified atom stereocenters. The molecule has 1 aliphatic rings. The third-order valence-electron chi connectivity index (χ3n) is 5.77. The Labute approximate surface area is 196 Å². The van der Waals surface area contributed by atoms with Gasteiger partial charge in [-0.1, -0.05) is 30.3 Å². The zero-order chi connectivity index (χ0) is 22.8. The molecule has 0 saturated carbocycles. The lowest BCUT2D eigenvalue weighted by Crippen LogP contribution is -2.42. The van der Waals surface area contributed by atoms with Crippen LogP contribution in [0.25, 0.3) is 22.2 Å². The Balaban J connectivity index is 1.39. The van der Waals surface area contributed by atoms with Crippen LogP contribution in [0.2, 0.25) is 0 Å². The summed E-state index contributed by atoms with van der Waals surface area (Å²) < 4.78 is 25.3. The molecule has 4 aromatic rings. The van der Waals surface area contributed by atoms with Gasteiger partial charge >= 0.3 is 0 Å².